The molecule has 0 saturated carbocycles. The molecule has 2 amide bonds. The molecule has 0 spiro atoms. The first-order valence-corrected chi connectivity index (χ1v) is 8.13. The Morgan fingerprint density at radius 2 is 1.75 bits per heavy atom. The van der Waals surface area contributed by atoms with Crippen molar-refractivity contribution in [2.75, 3.05) is 18.4 Å². The molecule has 1 heterocycles. The number of hydrogen-bond acceptors (Lipinski definition) is 3. The number of hydrogen-bond donors (Lipinski definition) is 2. The highest BCUT2D eigenvalue weighted by molar-refractivity contribution is 5.95. The first-order valence-electron chi connectivity index (χ1n) is 8.13. The van der Waals surface area contributed by atoms with E-state index in [1.807, 2.05) is 65.6 Å². The minimum Gasteiger partial charge on any atom is -0.336 e. The standard InChI is InChI=1S/C19H21N3O2/c23-18(21-16-9-5-2-6-10-16)13-17-19(24)22(12-11-20-17)14-15-7-3-1-4-8-15/h1-10,17,20H,11-14H2,(H,21,23)/t17-/m1/s1. The summed E-state index contributed by atoms with van der Waals surface area (Å²) < 4.78 is 0. The quantitative estimate of drug-likeness (QED) is 0.885. The smallest absolute Gasteiger partial charge is 0.240 e. The lowest BCUT2D eigenvalue weighted by atomic mass is 10.1. The highest BCUT2D eigenvalue weighted by atomic mass is 16.2. The van der Waals surface area contributed by atoms with Gasteiger partial charge in [0, 0.05) is 25.3 Å². The third-order valence-electron chi connectivity index (χ3n) is 4.05. The van der Waals surface area contributed by atoms with Crippen molar-refractivity contribution in [3.8, 4) is 0 Å². The Bertz CT molecular complexity index is 688. The van der Waals surface area contributed by atoms with E-state index in [1.54, 1.807) is 0 Å². The van der Waals surface area contributed by atoms with E-state index in [1.165, 1.54) is 0 Å². The molecule has 0 bridgehead atoms. The maximum Gasteiger partial charge on any atom is 0.240 e. The van der Waals surface area contributed by atoms with Crippen LogP contribution in [0.2, 0.25) is 0 Å². The van der Waals surface area contributed by atoms with Gasteiger partial charge in [0.1, 0.15) is 0 Å². The molecule has 2 aromatic carbocycles. The van der Waals surface area contributed by atoms with Crippen molar-refractivity contribution in [2.24, 2.45) is 0 Å². The fraction of sp³-hybridized carbons (Fsp3) is 0.263. The van der Waals surface area contributed by atoms with Gasteiger partial charge in [0.2, 0.25) is 11.8 Å². The van der Waals surface area contributed by atoms with Crippen LogP contribution in [0, 0.1) is 0 Å². The monoisotopic (exact) mass is 323 g/mol. The zero-order chi connectivity index (χ0) is 16.8. The molecule has 3 rings (SSSR count). The van der Waals surface area contributed by atoms with Crippen LogP contribution in [-0.4, -0.2) is 35.8 Å². The van der Waals surface area contributed by atoms with Gasteiger partial charge in [-0.05, 0) is 17.7 Å². The molecule has 5 nitrogen and oxygen atoms in total. The number of carbonyl (C=O) groups excluding carboxylic acids is 2. The molecule has 2 aromatic rings. The first-order chi connectivity index (χ1) is 11.7. The van der Waals surface area contributed by atoms with Crippen LogP contribution in [0.25, 0.3) is 0 Å². The van der Waals surface area contributed by atoms with Crippen molar-refractivity contribution in [3.05, 3.63) is 66.2 Å². The van der Waals surface area contributed by atoms with Gasteiger partial charge in [-0.2, -0.15) is 0 Å². The van der Waals surface area contributed by atoms with Gasteiger partial charge >= 0.3 is 0 Å². The second-order valence-corrected chi connectivity index (χ2v) is 5.87. The average Bonchev–Trinajstić information content (AvgIpc) is 2.60. The summed E-state index contributed by atoms with van der Waals surface area (Å²) in [6.07, 6.45) is 0.138. The summed E-state index contributed by atoms with van der Waals surface area (Å²) in [5.41, 5.74) is 1.84. The van der Waals surface area contributed by atoms with Crippen molar-refractivity contribution >= 4 is 17.5 Å². The maximum absolute atomic E-state index is 12.6. The number of nitrogens with one attached hydrogen (secondary N) is 2. The molecule has 2 N–H and O–H groups in total. The first kappa shape index (κ1) is 16.2. The third-order valence-corrected chi connectivity index (χ3v) is 4.05. The minimum atomic E-state index is -0.467. The average molecular weight is 323 g/mol. The summed E-state index contributed by atoms with van der Waals surface area (Å²) in [6, 6.07) is 18.7. The Morgan fingerprint density at radius 1 is 1.08 bits per heavy atom. The van der Waals surface area contributed by atoms with Crippen molar-refractivity contribution in [2.45, 2.75) is 19.0 Å². The summed E-state index contributed by atoms with van der Waals surface area (Å²) in [7, 11) is 0. The topological polar surface area (TPSA) is 61.4 Å². The van der Waals surface area contributed by atoms with Crippen LogP contribution >= 0.6 is 0 Å². The van der Waals surface area contributed by atoms with Crippen LogP contribution in [-0.2, 0) is 16.1 Å². The number of rotatable bonds is 5. The number of carbonyl (C=O) groups is 2. The number of benzene rings is 2. The van der Waals surface area contributed by atoms with Gasteiger partial charge in [-0.1, -0.05) is 48.5 Å². The third kappa shape index (κ3) is 4.20. The fourth-order valence-corrected chi connectivity index (χ4v) is 2.83. The van der Waals surface area contributed by atoms with E-state index >= 15 is 0 Å². The molecule has 0 aromatic heterocycles. The Kier molecular flexibility index (Phi) is 5.23. The van der Waals surface area contributed by atoms with Gasteiger partial charge in [0.25, 0.3) is 0 Å². The number of piperazine rings is 1. The Hall–Kier alpha value is -2.66. The SMILES string of the molecule is O=C(C[C@H]1NCCN(Cc2ccccc2)C1=O)Nc1ccccc1. The molecule has 124 valence electrons. The summed E-state index contributed by atoms with van der Waals surface area (Å²) in [4.78, 5) is 26.6. The van der Waals surface area contributed by atoms with Crippen LogP contribution < -0.4 is 10.6 Å². The van der Waals surface area contributed by atoms with E-state index in [0.717, 1.165) is 11.3 Å². The number of amides is 2. The van der Waals surface area contributed by atoms with Crippen molar-refractivity contribution in [3.63, 3.8) is 0 Å². The van der Waals surface area contributed by atoms with E-state index in [0.29, 0.717) is 19.6 Å². The summed E-state index contributed by atoms with van der Waals surface area (Å²) in [5.74, 6) is -0.179. The van der Waals surface area contributed by atoms with Gasteiger partial charge < -0.3 is 15.5 Å². The fourth-order valence-electron chi connectivity index (χ4n) is 2.83. The van der Waals surface area contributed by atoms with E-state index in [2.05, 4.69) is 10.6 Å². The predicted molar refractivity (Wildman–Crippen MR) is 93.3 cm³/mol. The molecule has 0 unspecified atom stereocenters. The lowest BCUT2D eigenvalue weighted by Gasteiger charge is -2.33. The molecule has 1 fully saturated rings. The zero-order valence-corrected chi connectivity index (χ0v) is 13.4. The molecule has 24 heavy (non-hydrogen) atoms. The number of anilines is 1. The molecule has 0 radical (unpaired) electrons. The summed E-state index contributed by atoms with van der Waals surface area (Å²) in [5, 5.41) is 5.97. The van der Waals surface area contributed by atoms with Crippen LogP contribution in [0.3, 0.4) is 0 Å². The molecular weight excluding hydrogens is 302 g/mol. The maximum atomic E-state index is 12.6. The summed E-state index contributed by atoms with van der Waals surface area (Å²) in [6.45, 7) is 1.94. The number of para-hydroxylation sites is 1. The van der Waals surface area contributed by atoms with E-state index in [-0.39, 0.29) is 18.2 Å². The predicted octanol–water partition coefficient (Wildman–Crippen LogP) is 2.02. The van der Waals surface area contributed by atoms with Gasteiger partial charge in [-0.3, -0.25) is 9.59 Å². The van der Waals surface area contributed by atoms with Crippen LogP contribution in [0.4, 0.5) is 5.69 Å². The van der Waals surface area contributed by atoms with Gasteiger partial charge in [0.15, 0.2) is 0 Å². The van der Waals surface area contributed by atoms with Crippen LogP contribution in [0.5, 0.6) is 0 Å². The zero-order valence-electron chi connectivity index (χ0n) is 13.4. The summed E-state index contributed by atoms with van der Waals surface area (Å²) >= 11 is 0. The van der Waals surface area contributed by atoms with Crippen molar-refractivity contribution in [1.82, 2.24) is 10.2 Å². The van der Waals surface area contributed by atoms with Gasteiger partial charge in [-0.15, -0.1) is 0 Å². The van der Waals surface area contributed by atoms with Gasteiger partial charge in [0.05, 0.1) is 12.5 Å². The van der Waals surface area contributed by atoms with E-state index < -0.39 is 6.04 Å². The molecule has 1 aliphatic heterocycles. The van der Waals surface area contributed by atoms with Crippen molar-refractivity contribution in [1.29, 1.82) is 0 Å². The molecule has 1 saturated heterocycles. The number of nitrogens with zero attached hydrogens (tertiary/aromatic N) is 1. The second kappa shape index (κ2) is 7.75. The van der Waals surface area contributed by atoms with Crippen molar-refractivity contribution < 1.29 is 9.59 Å². The normalized spacial score (nSPS) is 17.6. The Labute approximate surface area is 141 Å². The Morgan fingerprint density at radius 3 is 2.46 bits per heavy atom. The van der Waals surface area contributed by atoms with E-state index in [9.17, 15) is 9.59 Å². The minimum absolute atomic E-state index is 0.0201. The lowest BCUT2D eigenvalue weighted by Crippen LogP contribution is -2.55. The molecule has 1 atom stereocenters. The molecule has 1 aliphatic rings. The van der Waals surface area contributed by atoms with Gasteiger partial charge in [-0.25, -0.2) is 0 Å². The highest BCUT2D eigenvalue weighted by Crippen LogP contribution is 2.12. The largest absolute Gasteiger partial charge is 0.336 e. The lowest BCUT2D eigenvalue weighted by molar-refractivity contribution is -0.138. The van der Waals surface area contributed by atoms with Crippen LogP contribution in [0.15, 0.2) is 60.7 Å². The Balaban J connectivity index is 1.57. The second-order valence-electron chi connectivity index (χ2n) is 5.87. The molecule has 5 heteroatoms. The highest BCUT2D eigenvalue weighted by Gasteiger charge is 2.30. The van der Waals surface area contributed by atoms with E-state index in [4.69, 9.17) is 0 Å². The molecule has 0 aliphatic carbocycles. The molecular formula is C19H21N3O2. The van der Waals surface area contributed by atoms with Crippen LogP contribution in [0.1, 0.15) is 12.0 Å².